The topological polar surface area (TPSA) is 84.9 Å². The maximum absolute atomic E-state index is 14.7. The molecule has 166 valence electrons. The van der Waals surface area contributed by atoms with E-state index in [1.807, 2.05) is 20.8 Å². The number of likely N-dealkylation sites (tertiary alicyclic amines) is 1. The van der Waals surface area contributed by atoms with Crippen LogP contribution in [0.25, 0.3) is 22.3 Å². The molecule has 0 unspecified atom stereocenters. The summed E-state index contributed by atoms with van der Waals surface area (Å²) in [6.07, 6.45) is 3.73. The van der Waals surface area contributed by atoms with Gasteiger partial charge in [0, 0.05) is 24.7 Å². The third kappa shape index (κ3) is 4.46. The average Bonchev–Trinajstić information content (AvgIpc) is 3.05. The van der Waals surface area contributed by atoms with Crippen molar-refractivity contribution < 1.29 is 8.78 Å². The number of piperidine rings is 1. The van der Waals surface area contributed by atoms with Crippen molar-refractivity contribution in [2.75, 3.05) is 37.2 Å². The van der Waals surface area contributed by atoms with E-state index < -0.39 is 17.2 Å². The van der Waals surface area contributed by atoms with Gasteiger partial charge < -0.3 is 16.0 Å². The standard InChI is InChI=1S/C22H29F2N7/c1-22(2,3)31-19(25)17-18(15-8-7-14(23)13-16(15)24)27-21(28-20(17)29-31)26-9-12-30-10-5-4-6-11-30/h7-8,13H,4-6,9-12,25H2,1-3H3,(H,26,28,29). The summed E-state index contributed by atoms with van der Waals surface area (Å²) in [7, 11) is 0. The predicted octanol–water partition coefficient (Wildman–Crippen LogP) is 4.01. The van der Waals surface area contributed by atoms with Crippen molar-refractivity contribution in [3.63, 3.8) is 0 Å². The SMILES string of the molecule is CC(C)(C)n1nc2nc(NCCN3CCCCC3)nc(-c3ccc(F)cc3F)c2c1N. The first-order valence-corrected chi connectivity index (χ1v) is 10.7. The van der Waals surface area contributed by atoms with Crippen LogP contribution in [0, 0.1) is 11.6 Å². The minimum absolute atomic E-state index is 0.160. The third-order valence-corrected chi connectivity index (χ3v) is 5.55. The Morgan fingerprint density at radius 1 is 1.10 bits per heavy atom. The molecule has 0 amide bonds. The average molecular weight is 430 g/mol. The summed E-state index contributed by atoms with van der Waals surface area (Å²) in [5.41, 5.74) is 6.83. The third-order valence-electron chi connectivity index (χ3n) is 5.55. The van der Waals surface area contributed by atoms with Gasteiger partial charge in [-0.1, -0.05) is 6.42 Å². The molecule has 0 saturated carbocycles. The van der Waals surface area contributed by atoms with Crippen LogP contribution in [0.1, 0.15) is 40.0 Å². The van der Waals surface area contributed by atoms with Gasteiger partial charge in [0.2, 0.25) is 5.95 Å². The molecule has 0 spiro atoms. The maximum Gasteiger partial charge on any atom is 0.225 e. The van der Waals surface area contributed by atoms with Crippen molar-refractivity contribution in [3.8, 4) is 11.3 Å². The van der Waals surface area contributed by atoms with Crippen LogP contribution >= 0.6 is 0 Å². The van der Waals surface area contributed by atoms with E-state index in [4.69, 9.17) is 5.73 Å². The highest BCUT2D eigenvalue weighted by molar-refractivity contribution is 5.99. The molecule has 2 aromatic heterocycles. The number of rotatable bonds is 5. The predicted molar refractivity (Wildman–Crippen MR) is 119 cm³/mol. The number of nitrogens with zero attached hydrogens (tertiary/aromatic N) is 5. The van der Waals surface area contributed by atoms with Crippen molar-refractivity contribution in [2.45, 2.75) is 45.6 Å². The Morgan fingerprint density at radius 2 is 1.84 bits per heavy atom. The maximum atomic E-state index is 14.7. The molecule has 7 nitrogen and oxygen atoms in total. The summed E-state index contributed by atoms with van der Waals surface area (Å²) in [6.45, 7) is 9.64. The molecule has 1 aliphatic rings. The number of halogens is 2. The van der Waals surface area contributed by atoms with Crippen LogP contribution in [-0.4, -0.2) is 50.8 Å². The highest BCUT2D eigenvalue weighted by atomic mass is 19.1. The van der Waals surface area contributed by atoms with Gasteiger partial charge in [0.1, 0.15) is 17.5 Å². The minimum Gasteiger partial charge on any atom is -0.383 e. The molecule has 9 heteroatoms. The Bertz CT molecular complexity index is 1080. The number of nitrogen functional groups attached to an aromatic ring is 1. The molecule has 1 aromatic carbocycles. The van der Waals surface area contributed by atoms with Crippen molar-refractivity contribution in [3.05, 3.63) is 29.8 Å². The van der Waals surface area contributed by atoms with Gasteiger partial charge in [0.15, 0.2) is 5.65 Å². The van der Waals surface area contributed by atoms with E-state index in [0.717, 1.165) is 25.7 Å². The van der Waals surface area contributed by atoms with E-state index in [-0.39, 0.29) is 5.56 Å². The molecule has 4 rings (SSSR count). The number of fused-ring (bicyclic) bond motifs is 1. The van der Waals surface area contributed by atoms with Crippen LogP contribution in [0.5, 0.6) is 0 Å². The van der Waals surface area contributed by atoms with E-state index in [9.17, 15) is 8.78 Å². The van der Waals surface area contributed by atoms with Crippen LogP contribution < -0.4 is 11.1 Å². The fourth-order valence-electron chi connectivity index (χ4n) is 3.99. The summed E-state index contributed by atoms with van der Waals surface area (Å²) >= 11 is 0. The Hall–Kier alpha value is -2.81. The molecule has 31 heavy (non-hydrogen) atoms. The highest BCUT2D eigenvalue weighted by Gasteiger charge is 2.25. The van der Waals surface area contributed by atoms with Gasteiger partial charge in [-0.2, -0.15) is 4.98 Å². The van der Waals surface area contributed by atoms with Gasteiger partial charge >= 0.3 is 0 Å². The van der Waals surface area contributed by atoms with Gasteiger partial charge in [0.05, 0.1) is 16.6 Å². The molecule has 0 radical (unpaired) electrons. The summed E-state index contributed by atoms with van der Waals surface area (Å²) in [6, 6.07) is 3.43. The van der Waals surface area contributed by atoms with Gasteiger partial charge in [-0.3, -0.25) is 0 Å². The Balaban J connectivity index is 1.74. The van der Waals surface area contributed by atoms with Crippen molar-refractivity contribution in [2.24, 2.45) is 0 Å². The van der Waals surface area contributed by atoms with Crippen LogP contribution in [0.15, 0.2) is 18.2 Å². The molecule has 1 fully saturated rings. The zero-order valence-corrected chi connectivity index (χ0v) is 18.3. The Morgan fingerprint density at radius 3 is 2.52 bits per heavy atom. The van der Waals surface area contributed by atoms with E-state index in [0.29, 0.717) is 35.0 Å². The van der Waals surface area contributed by atoms with Crippen LogP contribution in [0.4, 0.5) is 20.5 Å². The number of anilines is 2. The molecule has 1 aliphatic heterocycles. The number of aromatic nitrogens is 4. The monoisotopic (exact) mass is 429 g/mol. The summed E-state index contributed by atoms with van der Waals surface area (Å²) in [5, 5.41) is 8.27. The summed E-state index contributed by atoms with van der Waals surface area (Å²) < 4.78 is 29.8. The van der Waals surface area contributed by atoms with Gasteiger partial charge in [-0.25, -0.2) is 18.4 Å². The van der Waals surface area contributed by atoms with Crippen molar-refractivity contribution in [1.29, 1.82) is 0 Å². The van der Waals surface area contributed by atoms with Crippen LogP contribution in [0.2, 0.25) is 0 Å². The Labute approximate surface area is 180 Å². The van der Waals surface area contributed by atoms with E-state index >= 15 is 0 Å². The first kappa shape index (κ1) is 21.4. The first-order chi connectivity index (χ1) is 14.7. The van der Waals surface area contributed by atoms with Gasteiger partial charge in [-0.05, 0) is 58.8 Å². The zero-order valence-electron chi connectivity index (χ0n) is 18.3. The molecular weight excluding hydrogens is 400 g/mol. The van der Waals surface area contributed by atoms with E-state index in [1.54, 1.807) is 4.68 Å². The lowest BCUT2D eigenvalue weighted by molar-refractivity contribution is 0.237. The molecular formula is C22H29F2N7. The first-order valence-electron chi connectivity index (χ1n) is 10.7. The number of hydrogen-bond acceptors (Lipinski definition) is 6. The lowest BCUT2D eigenvalue weighted by atomic mass is 10.1. The largest absolute Gasteiger partial charge is 0.383 e. The van der Waals surface area contributed by atoms with E-state index in [1.165, 1.54) is 31.4 Å². The second-order valence-electron chi connectivity index (χ2n) is 9.02. The quantitative estimate of drug-likeness (QED) is 0.638. The zero-order chi connectivity index (χ0) is 22.2. The number of hydrogen-bond donors (Lipinski definition) is 2. The molecule has 3 heterocycles. The Kier molecular flexibility index (Phi) is 5.79. The van der Waals surface area contributed by atoms with Gasteiger partial charge in [0.25, 0.3) is 0 Å². The second-order valence-corrected chi connectivity index (χ2v) is 9.02. The fraction of sp³-hybridized carbons (Fsp3) is 0.500. The normalized spacial score (nSPS) is 15.5. The number of benzene rings is 1. The lowest BCUT2D eigenvalue weighted by Crippen LogP contribution is -2.33. The molecule has 1 saturated heterocycles. The number of nitrogens with one attached hydrogen (secondary N) is 1. The highest BCUT2D eigenvalue weighted by Crippen LogP contribution is 2.35. The molecule has 3 N–H and O–H groups in total. The molecule has 0 bridgehead atoms. The number of nitrogens with two attached hydrogens (primary N) is 1. The van der Waals surface area contributed by atoms with Crippen LogP contribution in [-0.2, 0) is 5.54 Å². The van der Waals surface area contributed by atoms with Gasteiger partial charge in [-0.15, -0.1) is 5.10 Å². The van der Waals surface area contributed by atoms with Crippen molar-refractivity contribution >= 4 is 22.8 Å². The van der Waals surface area contributed by atoms with E-state index in [2.05, 4.69) is 25.3 Å². The fourth-order valence-corrected chi connectivity index (χ4v) is 3.99. The van der Waals surface area contributed by atoms with Crippen LogP contribution in [0.3, 0.4) is 0 Å². The minimum atomic E-state index is -0.706. The lowest BCUT2D eigenvalue weighted by Gasteiger charge is -2.26. The summed E-state index contributed by atoms with van der Waals surface area (Å²) in [5.74, 6) is -0.658. The summed E-state index contributed by atoms with van der Waals surface area (Å²) in [4.78, 5) is 11.5. The molecule has 3 aromatic rings. The van der Waals surface area contributed by atoms with Crippen molar-refractivity contribution in [1.82, 2.24) is 24.6 Å². The second kappa shape index (κ2) is 8.37. The molecule has 0 atom stereocenters. The smallest absolute Gasteiger partial charge is 0.225 e. The molecule has 0 aliphatic carbocycles.